The van der Waals surface area contributed by atoms with Crippen molar-refractivity contribution in [1.82, 2.24) is 25.4 Å². The number of nitrogens with zero attached hydrogens (tertiary/aromatic N) is 4. The van der Waals surface area contributed by atoms with Crippen LogP contribution in [0.2, 0.25) is 0 Å². The van der Waals surface area contributed by atoms with Crippen LogP contribution in [0.1, 0.15) is 23.6 Å². The second-order valence-corrected chi connectivity index (χ2v) is 6.88. The van der Waals surface area contributed by atoms with Gasteiger partial charge in [0.25, 0.3) is 0 Å². The number of rotatable bonds is 8. The third kappa shape index (κ3) is 6.21. The highest BCUT2D eigenvalue weighted by atomic mass is 127. The first-order chi connectivity index (χ1) is 14.2. The Kier molecular flexibility index (Phi) is 9.63. The van der Waals surface area contributed by atoms with Crippen molar-refractivity contribution < 1.29 is 14.2 Å². The summed E-state index contributed by atoms with van der Waals surface area (Å²) in [4.78, 5) is 8.87. The van der Waals surface area contributed by atoms with Gasteiger partial charge in [-0.2, -0.15) is 5.10 Å². The van der Waals surface area contributed by atoms with Gasteiger partial charge in [-0.05, 0) is 30.5 Å². The molecule has 1 aliphatic heterocycles. The van der Waals surface area contributed by atoms with Gasteiger partial charge in [-0.1, -0.05) is 6.07 Å². The van der Waals surface area contributed by atoms with Crippen LogP contribution in [0.15, 0.2) is 23.2 Å². The number of hydrogen-bond donors (Lipinski definition) is 2. The smallest absolute Gasteiger partial charge is 0.191 e. The molecule has 2 N–H and O–H groups in total. The first kappa shape index (κ1) is 24.2. The summed E-state index contributed by atoms with van der Waals surface area (Å²) in [6.07, 6.45) is 2.72. The van der Waals surface area contributed by atoms with E-state index >= 15 is 0 Å². The zero-order valence-electron chi connectivity index (χ0n) is 18.0. The van der Waals surface area contributed by atoms with E-state index in [9.17, 15) is 0 Å². The number of aromatic nitrogens is 3. The Bertz CT molecular complexity index is 842. The minimum Gasteiger partial charge on any atom is -0.493 e. The molecule has 3 rings (SSSR count). The zero-order valence-corrected chi connectivity index (χ0v) is 20.3. The molecular weight excluding hydrogens is 499 g/mol. The van der Waals surface area contributed by atoms with Crippen molar-refractivity contribution in [3.05, 3.63) is 35.4 Å². The Hall–Kier alpha value is -2.08. The van der Waals surface area contributed by atoms with Crippen molar-refractivity contribution in [3.63, 3.8) is 0 Å². The number of methoxy groups -OCH3 is 3. The molecule has 1 aromatic carbocycles. The fourth-order valence-corrected chi connectivity index (χ4v) is 3.42. The van der Waals surface area contributed by atoms with Crippen molar-refractivity contribution in [1.29, 1.82) is 0 Å². The molecule has 1 unspecified atom stereocenters. The van der Waals surface area contributed by atoms with Gasteiger partial charge in [-0.15, -0.1) is 24.0 Å². The average molecular weight is 530 g/mol. The molecule has 1 atom stereocenters. The molecule has 0 bridgehead atoms. The number of guanidine groups is 1. The van der Waals surface area contributed by atoms with Gasteiger partial charge in [0.2, 0.25) is 0 Å². The Morgan fingerprint density at radius 3 is 2.73 bits per heavy atom. The van der Waals surface area contributed by atoms with Crippen LogP contribution in [0.4, 0.5) is 0 Å². The molecule has 0 spiro atoms. The van der Waals surface area contributed by atoms with E-state index in [0.29, 0.717) is 6.61 Å². The average Bonchev–Trinajstić information content (AvgIpc) is 3.14. The lowest BCUT2D eigenvalue weighted by atomic mass is 10.1. The molecule has 0 aliphatic carbocycles. The molecule has 1 aromatic heterocycles. The van der Waals surface area contributed by atoms with Crippen LogP contribution >= 0.6 is 24.0 Å². The second kappa shape index (κ2) is 11.9. The number of halogens is 1. The summed E-state index contributed by atoms with van der Waals surface area (Å²) in [5, 5.41) is 11.4. The van der Waals surface area contributed by atoms with E-state index in [0.717, 1.165) is 61.5 Å². The van der Waals surface area contributed by atoms with Gasteiger partial charge in [0.15, 0.2) is 23.3 Å². The standard InChI is InChI=1S/C20H30N6O3.HI/c1-21-20(22-10-9-14-5-7-16(28-3)17(11-14)29-4)23-15-6-8-19-24-18(13-27-2)25-26(19)12-15;/h5,7,11,15H,6,8-10,12-13H2,1-4H3,(H2,21,22,23);1H. The van der Waals surface area contributed by atoms with Gasteiger partial charge in [0, 0.05) is 33.2 Å². The second-order valence-electron chi connectivity index (χ2n) is 6.88. The topological polar surface area (TPSA) is 94.8 Å². The number of aryl methyl sites for hydroxylation is 1. The first-order valence-electron chi connectivity index (χ1n) is 9.76. The summed E-state index contributed by atoms with van der Waals surface area (Å²) < 4.78 is 17.7. The Morgan fingerprint density at radius 1 is 1.23 bits per heavy atom. The lowest BCUT2D eigenvalue weighted by Gasteiger charge is -2.25. The van der Waals surface area contributed by atoms with Crippen LogP contribution in [-0.2, 0) is 30.7 Å². The summed E-state index contributed by atoms with van der Waals surface area (Å²) in [5.74, 6) is 4.02. The Morgan fingerprint density at radius 2 is 2.03 bits per heavy atom. The lowest BCUT2D eigenvalue weighted by molar-refractivity contribution is 0.177. The Labute approximate surface area is 194 Å². The van der Waals surface area contributed by atoms with Crippen molar-refractivity contribution in [3.8, 4) is 11.5 Å². The summed E-state index contributed by atoms with van der Waals surface area (Å²) >= 11 is 0. The molecule has 9 nitrogen and oxygen atoms in total. The third-order valence-electron chi connectivity index (χ3n) is 4.89. The van der Waals surface area contributed by atoms with E-state index in [1.807, 2.05) is 22.9 Å². The maximum absolute atomic E-state index is 5.37. The fraction of sp³-hybridized carbons (Fsp3) is 0.550. The van der Waals surface area contributed by atoms with Gasteiger partial charge in [-0.3, -0.25) is 4.99 Å². The normalized spacial score (nSPS) is 15.7. The largest absolute Gasteiger partial charge is 0.493 e. The molecule has 2 heterocycles. The molecule has 30 heavy (non-hydrogen) atoms. The van der Waals surface area contributed by atoms with E-state index in [1.165, 1.54) is 5.56 Å². The summed E-state index contributed by atoms with van der Waals surface area (Å²) in [6, 6.07) is 6.23. The lowest BCUT2D eigenvalue weighted by Crippen LogP contribution is -2.47. The van der Waals surface area contributed by atoms with E-state index in [1.54, 1.807) is 28.4 Å². The molecule has 10 heteroatoms. The van der Waals surface area contributed by atoms with Crippen molar-refractivity contribution in [2.45, 2.75) is 38.5 Å². The molecule has 2 aromatic rings. The minimum atomic E-state index is 0. The first-order valence-corrected chi connectivity index (χ1v) is 9.76. The molecule has 0 saturated heterocycles. The van der Waals surface area contributed by atoms with E-state index in [-0.39, 0.29) is 30.0 Å². The Balaban J connectivity index is 0.00000320. The summed E-state index contributed by atoms with van der Waals surface area (Å²) in [7, 11) is 6.73. The number of aliphatic imine (C=N–C) groups is 1. The van der Waals surface area contributed by atoms with Crippen LogP contribution in [0.5, 0.6) is 11.5 Å². The molecule has 1 aliphatic rings. The van der Waals surface area contributed by atoms with Gasteiger partial charge in [-0.25, -0.2) is 9.67 Å². The quantitative estimate of drug-likeness (QED) is 0.305. The van der Waals surface area contributed by atoms with E-state index in [4.69, 9.17) is 14.2 Å². The predicted molar refractivity (Wildman–Crippen MR) is 126 cm³/mol. The van der Waals surface area contributed by atoms with Crippen LogP contribution in [0.3, 0.4) is 0 Å². The maximum atomic E-state index is 5.37. The third-order valence-corrected chi connectivity index (χ3v) is 4.89. The predicted octanol–water partition coefficient (Wildman–Crippen LogP) is 1.78. The zero-order chi connectivity index (χ0) is 20.6. The summed E-state index contributed by atoms with van der Waals surface area (Å²) in [5.41, 5.74) is 1.17. The van der Waals surface area contributed by atoms with Crippen molar-refractivity contribution >= 4 is 29.9 Å². The van der Waals surface area contributed by atoms with Gasteiger partial charge >= 0.3 is 0 Å². The monoisotopic (exact) mass is 530 g/mol. The van der Waals surface area contributed by atoms with Gasteiger partial charge in [0.05, 0.1) is 20.8 Å². The summed E-state index contributed by atoms with van der Waals surface area (Å²) in [6.45, 7) is 1.97. The molecule has 0 amide bonds. The minimum absolute atomic E-state index is 0. The number of nitrogens with one attached hydrogen (secondary N) is 2. The van der Waals surface area contributed by atoms with Gasteiger partial charge < -0.3 is 24.8 Å². The highest BCUT2D eigenvalue weighted by Gasteiger charge is 2.22. The molecule has 166 valence electrons. The van der Waals surface area contributed by atoms with Crippen molar-refractivity contribution in [2.24, 2.45) is 4.99 Å². The maximum Gasteiger partial charge on any atom is 0.191 e. The molecule has 0 saturated carbocycles. The van der Waals surface area contributed by atoms with Crippen LogP contribution in [0.25, 0.3) is 0 Å². The van der Waals surface area contributed by atoms with Crippen molar-refractivity contribution in [2.75, 3.05) is 34.9 Å². The van der Waals surface area contributed by atoms with Gasteiger partial charge in [0.1, 0.15) is 12.4 Å². The number of fused-ring (bicyclic) bond motifs is 1. The van der Waals surface area contributed by atoms with Crippen LogP contribution in [0, 0.1) is 0 Å². The van der Waals surface area contributed by atoms with Crippen LogP contribution in [-0.4, -0.2) is 61.7 Å². The number of benzene rings is 1. The molecular formula is C20H31IN6O3. The van der Waals surface area contributed by atoms with E-state index < -0.39 is 0 Å². The SMILES string of the molecule is CN=C(NCCc1ccc(OC)c(OC)c1)NC1CCc2nc(COC)nn2C1.I. The molecule has 0 fully saturated rings. The molecule has 0 radical (unpaired) electrons. The fourth-order valence-electron chi connectivity index (χ4n) is 3.42. The highest BCUT2D eigenvalue weighted by Crippen LogP contribution is 2.27. The number of hydrogen-bond acceptors (Lipinski definition) is 6. The van der Waals surface area contributed by atoms with Crippen LogP contribution < -0.4 is 20.1 Å². The highest BCUT2D eigenvalue weighted by molar-refractivity contribution is 14.0. The number of ether oxygens (including phenoxy) is 3. The van der Waals surface area contributed by atoms with E-state index in [2.05, 4.69) is 25.7 Å².